The smallest absolute Gasteiger partial charge is 0.323 e. The lowest BCUT2D eigenvalue weighted by atomic mass is 9.79. The Morgan fingerprint density at radius 2 is 1.94 bits per heavy atom. The molecule has 9 heteroatoms. The largest absolute Gasteiger partial charge is 0.325 e. The summed E-state index contributed by atoms with van der Waals surface area (Å²) in [7, 11) is 0. The second-order valence-corrected chi connectivity index (χ2v) is 11.4. The fraction of sp³-hybridized carbons (Fsp3) is 0.440. The Kier molecular flexibility index (Phi) is 5.41. The van der Waals surface area contributed by atoms with Crippen molar-refractivity contribution in [3.8, 4) is 0 Å². The van der Waals surface area contributed by atoms with Gasteiger partial charge < -0.3 is 5.32 Å². The van der Waals surface area contributed by atoms with E-state index in [0.29, 0.717) is 12.8 Å². The van der Waals surface area contributed by atoms with Crippen molar-refractivity contribution in [1.29, 1.82) is 0 Å². The topological polar surface area (TPSA) is 82.1 Å². The number of thiophene rings is 2. The highest BCUT2D eigenvalue weighted by Crippen LogP contribution is 2.46. The molecule has 2 aliphatic carbocycles. The fourth-order valence-corrected chi connectivity index (χ4v) is 7.39. The van der Waals surface area contributed by atoms with Crippen molar-refractivity contribution in [3.63, 3.8) is 0 Å². The van der Waals surface area contributed by atoms with E-state index in [0.717, 1.165) is 47.6 Å². The van der Waals surface area contributed by atoms with E-state index in [1.807, 2.05) is 23.6 Å². The van der Waals surface area contributed by atoms with E-state index in [1.165, 1.54) is 10.5 Å². The van der Waals surface area contributed by atoms with Crippen LogP contribution in [0.25, 0.3) is 6.08 Å². The molecule has 0 aromatic carbocycles. The van der Waals surface area contributed by atoms with E-state index >= 15 is 0 Å². The summed E-state index contributed by atoms with van der Waals surface area (Å²) in [5.41, 5.74) is 1.33. The summed E-state index contributed by atoms with van der Waals surface area (Å²) in [5, 5.41) is 13.4. The van der Waals surface area contributed by atoms with E-state index in [-0.39, 0.29) is 30.3 Å². The molecular formula is C25H26N4O3S2. The number of imide groups is 1. The van der Waals surface area contributed by atoms with Gasteiger partial charge in [-0.1, -0.05) is 25.0 Å². The van der Waals surface area contributed by atoms with Gasteiger partial charge in [-0.2, -0.15) is 5.10 Å². The van der Waals surface area contributed by atoms with Crippen LogP contribution in [0.4, 0.5) is 4.79 Å². The van der Waals surface area contributed by atoms with Crippen LogP contribution in [0.3, 0.4) is 0 Å². The van der Waals surface area contributed by atoms with Crippen LogP contribution in [0, 0.1) is 5.92 Å². The normalized spacial score (nSPS) is 26.9. The predicted octanol–water partition coefficient (Wildman–Crippen LogP) is 4.80. The molecule has 0 radical (unpaired) electrons. The molecule has 176 valence electrons. The van der Waals surface area contributed by atoms with Crippen molar-refractivity contribution in [3.05, 3.63) is 50.4 Å². The number of nitrogens with zero attached hydrogens (tertiary/aromatic N) is 3. The molecule has 2 aliphatic heterocycles. The van der Waals surface area contributed by atoms with Crippen molar-refractivity contribution >= 4 is 52.3 Å². The van der Waals surface area contributed by atoms with E-state index in [9.17, 15) is 14.4 Å². The maximum Gasteiger partial charge on any atom is 0.325 e. The number of hydrogen-bond donors (Lipinski definition) is 1. The van der Waals surface area contributed by atoms with Crippen LogP contribution in [0.5, 0.6) is 0 Å². The number of hydrazone groups is 1. The van der Waals surface area contributed by atoms with Gasteiger partial charge in [-0.25, -0.2) is 9.80 Å². The Morgan fingerprint density at radius 3 is 2.68 bits per heavy atom. The molecule has 4 amide bonds. The minimum atomic E-state index is -0.813. The number of allylic oxidation sites excluding steroid dienone is 1. The Labute approximate surface area is 206 Å². The first-order valence-electron chi connectivity index (χ1n) is 11.9. The van der Waals surface area contributed by atoms with Crippen LogP contribution in [0.2, 0.25) is 0 Å². The first-order valence-corrected chi connectivity index (χ1v) is 13.6. The van der Waals surface area contributed by atoms with Crippen LogP contribution in [0.1, 0.15) is 60.7 Å². The molecule has 7 nitrogen and oxygen atoms in total. The molecule has 6 rings (SSSR count). The maximum atomic E-state index is 13.6. The summed E-state index contributed by atoms with van der Waals surface area (Å²) in [6.07, 6.45) is 8.23. The van der Waals surface area contributed by atoms with Crippen LogP contribution in [0.15, 0.2) is 45.7 Å². The Hall–Kier alpha value is -2.78. The monoisotopic (exact) mass is 494 g/mol. The number of urea groups is 1. The summed E-state index contributed by atoms with van der Waals surface area (Å²) in [5.74, 6) is -0.459. The van der Waals surface area contributed by atoms with Crippen molar-refractivity contribution in [2.45, 2.75) is 56.5 Å². The summed E-state index contributed by atoms with van der Waals surface area (Å²) < 4.78 is 0. The van der Waals surface area contributed by atoms with Gasteiger partial charge in [0, 0.05) is 15.7 Å². The van der Waals surface area contributed by atoms with E-state index < -0.39 is 11.6 Å². The van der Waals surface area contributed by atoms with Gasteiger partial charge >= 0.3 is 6.03 Å². The zero-order valence-electron chi connectivity index (χ0n) is 18.7. The Balaban J connectivity index is 1.31. The van der Waals surface area contributed by atoms with Crippen molar-refractivity contribution < 1.29 is 14.4 Å². The standard InChI is InChI=1S/C25H26N4O3S2/c30-20(15-28-23(31)25(26-24(28)32)10-1-2-11-25)29-22(19-9-5-13-34-19)18-8-3-6-16(21(18)27-29)14-17-7-4-12-33-17/h4-5,7,9,12-14,18,22H,1-3,6,8,10-11,15H2,(H,26,32)/b16-14-. The van der Waals surface area contributed by atoms with Crippen LogP contribution >= 0.6 is 22.7 Å². The fourth-order valence-electron chi connectivity index (χ4n) is 5.84. The van der Waals surface area contributed by atoms with Gasteiger partial charge in [0.25, 0.3) is 11.8 Å². The van der Waals surface area contributed by atoms with Gasteiger partial charge in [-0.3, -0.25) is 14.5 Å². The highest BCUT2D eigenvalue weighted by molar-refractivity contribution is 7.11. The average Bonchev–Trinajstić information content (AvgIpc) is 3.64. The van der Waals surface area contributed by atoms with Crippen LogP contribution in [-0.2, 0) is 9.59 Å². The summed E-state index contributed by atoms with van der Waals surface area (Å²) in [6, 6.07) is 7.51. The number of carbonyl (C=O) groups excluding carboxylic acids is 3. The predicted molar refractivity (Wildman–Crippen MR) is 132 cm³/mol. The van der Waals surface area contributed by atoms with E-state index in [1.54, 1.807) is 27.7 Å². The average molecular weight is 495 g/mol. The summed E-state index contributed by atoms with van der Waals surface area (Å²) in [6.45, 7) is -0.276. The van der Waals surface area contributed by atoms with Gasteiger partial charge in [0.15, 0.2) is 0 Å². The third-order valence-corrected chi connectivity index (χ3v) is 9.21. The van der Waals surface area contributed by atoms with Crippen LogP contribution in [-0.4, -0.2) is 45.5 Å². The lowest BCUT2D eigenvalue weighted by Gasteiger charge is -2.29. The molecule has 4 aliphatic rings. The molecule has 1 N–H and O–H groups in total. The lowest BCUT2D eigenvalue weighted by Crippen LogP contribution is -2.45. The number of rotatable bonds is 4. The highest BCUT2D eigenvalue weighted by atomic mass is 32.1. The van der Waals surface area contributed by atoms with Crippen molar-refractivity contribution in [2.75, 3.05) is 6.54 Å². The van der Waals surface area contributed by atoms with E-state index in [2.05, 4.69) is 22.8 Å². The molecule has 2 saturated carbocycles. The molecule has 1 spiro atoms. The number of fused-ring (bicyclic) bond motifs is 1. The molecule has 2 aromatic heterocycles. The first-order chi connectivity index (χ1) is 16.6. The first kappa shape index (κ1) is 21.7. The quantitative estimate of drug-likeness (QED) is 0.620. The second-order valence-electron chi connectivity index (χ2n) is 9.48. The second kappa shape index (κ2) is 8.46. The Morgan fingerprint density at radius 1 is 1.15 bits per heavy atom. The molecule has 1 saturated heterocycles. The minimum absolute atomic E-state index is 0.117. The molecule has 4 heterocycles. The van der Waals surface area contributed by atoms with Gasteiger partial charge in [-0.15, -0.1) is 22.7 Å². The zero-order valence-corrected chi connectivity index (χ0v) is 20.4. The van der Waals surface area contributed by atoms with Gasteiger partial charge in [0.1, 0.15) is 12.1 Å². The van der Waals surface area contributed by atoms with Gasteiger partial charge in [0.2, 0.25) is 0 Å². The summed E-state index contributed by atoms with van der Waals surface area (Å²) >= 11 is 3.31. The number of amides is 4. The molecule has 2 aromatic rings. The summed E-state index contributed by atoms with van der Waals surface area (Å²) in [4.78, 5) is 42.7. The molecule has 2 unspecified atom stereocenters. The molecular weight excluding hydrogens is 468 g/mol. The van der Waals surface area contributed by atoms with Crippen molar-refractivity contribution in [2.24, 2.45) is 11.0 Å². The Bertz CT molecular complexity index is 1180. The number of hydrogen-bond acceptors (Lipinski definition) is 6. The minimum Gasteiger partial charge on any atom is -0.323 e. The SMILES string of the molecule is O=C1NC2(CCCC2)C(=O)N1CC(=O)N1N=C2/C(=C\c3cccs3)CCCC2C1c1cccs1. The molecule has 2 atom stereocenters. The molecule has 34 heavy (non-hydrogen) atoms. The van der Waals surface area contributed by atoms with Crippen LogP contribution < -0.4 is 5.32 Å². The van der Waals surface area contributed by atoms with Crippen molar-refractivity contribution in [1.82, 2.24) is 15.2 Å². The third kappa shape index (κ3) is 3.53. The third-order valence-electron chi connectivity index (χ3n) is 7.45. The van der Waals surface area contributed by atoms with Gasteiger partial charge in [-0.05, 0) is 66.6 Å². The number of nitrogens with one attached hydrogen (secondary N) is 1. The maximum absolute atomic E-state index is 13.6. The molecule has 0 bridgehead atoms. The highest BCUT2D eigenvalue weighted by Gasteiger charge is 2.53. The number of carbonyl (C=O) groups is 3. The van der Waals surface area contributed by atoms with Gasteiger partial charge in [0.05, 0.1) is 11.8 Å². The molecule has 3 fully saturated rings. The van der Waals surface area contributed by atoms with E-state index in [4.69, 9.17) is 5.10 Å². The lowest BCUT2D eigenvalue weighted by molar-refractivity contribution is -0.140. The zero-order chi connectivity index (χ0) is 23.3.